The maximum Gasteiger partial charge on any atom is 0.251 e. The lowest BCUT2D eigenvalue weighted by atomic mass is 10.2. The van der Waals surface area contributed by atoms with Gasteiger partial charge >= 0.3 is 0 Å². The number of amides is 1. The fraction of sp³-hybridized carbons (Fsp3) is 0.353. The molecule has 8 heteroatoms. The van der Waals surface area contributed by atoms with Gasteiger partial charge in [0, 0.05) is 41.3 Å². The number of nitrogens with one attached hydrogen (secondary N) is 3. The van der Waals surface area contributed by atoms with Crippen LogP contribution in [-0.4, -0.2) is 36.5 Å². The second-order valence-electron chi connectivity index (χ2n) is 5.25. The topological polar surface area (TPSA) is 78.4 Å². The molecule has 2 aromatic rings. The van der Waals surface area contributed by atoms with E-state index in [1.54, 1.807) is 35.6 Å². The third-order valence-corrected chi connectivity index (χ3v) is 4.34. The van der Waals surface area contributed by atoms with Crippen molar-refractivity contribution in [3.63, 3.8) is 0 Å². The van der Waals surface area contributed by atoms with Gasteiger partial charge in [-0.15, -0.1) is 11.3 Å². The van der Waals surface area contributed by atoms with E-state index in [0.29, 0.717) is 36.2 Å². The second kappa shape index (κ2) is 10.0. The molecular formula is C17H22ClN5OS. The highest BCUT2D eigenvalue weighted by molar-refractivity contribution is 7.11. The van der Waals surface area contributed by atoms with E-state index in [9.17, 15) is 4.79 Å². The van der Waals surface area contributed by atoms with Crippen LogP contribution in [0.2, 0.25) is 5.02 Å². The maximum absolute atomic E-state index is 12.0. The molecule has 0 unspecified atom stereocenters. The van der Waals surface area contributed by atoms with Gasteiger partial charge in [0.15, 0.2) is 5.96 Å². The summed E-state index contributed by atoms with van der Waals surface area (Å²) in [5.41, 5.74) is 0.587. The number of halogens is 1. The molecule has 1 amide bonds. The van der Waals surface area contributed by atoms with Crippen LogP contribution in [0.15, 0.2) is 35.5 Å². The summed E-state index contributed by atoms with van der Waals surface area (Å²) in [6.45, 7) is 6.39. The highest BCUT2D eigenvalue weighted by Gasteiger charge is 2.05. The van der Waals surface area contributed by atoms with Crippen molar-refractivity contribution in [2.75, 3.05) is 19.6 Å². The van der Waals surface area contributed by atoms with Crippen LogP contribution in [0.4, 0.5) is 0 Å². The fourth-order valence-corrected chi connectivity index (χ4v) is 2.86. The molecule has 1 aromatic carbocycles. The Morgan fingerprint density at radius 1 is 1.20 bits per heavy atom. The summed E-state index contributed by atoms with van der Waals surface area (Å²) in [5.74, 6) is 0.578. The van der Waals surface area contributed by atoms with Crippen LogP contribution >= 0.6 is 22.9 Å². The molecule has 0 fully saturated rings. The normalized spacial score (nSPS) is 11.2. The number of benzene rings is 1. The van der Waals surface area contributed by atoms with Crippen LogP contribution < -0.4 is 16.0 Å². The van der Waals surface area contributed by atoms with Crippen LogP contribution in [0.1, 0.15) is 27.2 Å². The van der Waals surface area contributed by atoms with Crippen LogP contribution in [-0.2, 0) is 6.54 Å². The van der Waals surface area contributed by atoms with E-state index in [0.717, 1.165) is 11.6 Å². The predicted octanol–water partition coefficient (Wildman–Crippen LogP) is 2.59. The van der Waals surface area contributed by atoms with E-state index >= 15 is 0 Å². The molecule has 1 aromatic heterocycles. The first kappa shape index (κ1) is 19.2. The molecule has 0 bridgehead atoms. The van der Waals surface area contributed by atoms with E-state index in [1.807, 2.05) is 20.0 Å². The number of carbonyl (C=O) groups is 1. The molecule has 1 heterocycles. The summed E-state index contributed by atoms with van der Waals surface area (Å²) in [4.78, 5) is 22.0. The Hall–Kier alpha value is -2.12. The van der Waals surface area contributed by atoms with E-state index < -0.39 is 0 Å². The van der Waals surface area contributed by atoms with Gasteiger partial charge < -0.3 is 16.0 Å². The number of carbonyl (C=O) groups excluding carboxylic acids is 1. The highest BCUT2D eigenvalue weighted by atomic mass is 35.5. The first-order valence-electron chi connectivity index (χ1n) is 8.05. The zero-order valence-corrected chi connectivity index (χ0v) is 15.9. The van der Waals surface area contributed by atoms with Crippen LogP contribution in [0.25, 0.3) is 0 Å². The first-order valence-corrected chi connectivity index (χ1v) is 9.25. The lowest BCUT2D eigenvalue weighted by molar-refractivity contribution is 0.0954. The van der Waals surface area contributed by atoms with Gasteiger partial charge in [-0.25, -0.2) is 9.98 Å². The van der Waals surface area contributed by atoms with Crippen molar-refractivity contribution in [1.82, 2.24) is 20.9 Å². The van der Waals surface area contributed by atoms with E-state index in [4.69, 9.17) is 11.6 Å². The SMILES string of the molecule is CCNC(=NCc1ncc(C)s1)NCCNC(=O)c1ccc(Cl)cc1. The number of hydrogen-bond donors (Lipinski definition) is 3. The molecule has 0 radical (unpaired) electrons. The number of nitrogens with zero attached hydrogens (tertiary/aromatic N) is 2. The van der Waals surface area contributed by atoms with Crippen molar-refractivity contribution in [3.05, 3.63) is 50.9 Å². The van der Waals surface area contributed by atoms with Crippen LogP contribution in [0.3, 0.4) is 0 Å². The van der Waals surface area contributed by atoms with Crippen LogP contribution in [0.5, 0.6) is 0 Å². The number of guanidine groups is 1. The molecular weight excluding hydrogens is 358 g/mol. The fourth-order valence-electron chi connectivity index (χ4n) is 2.02. The number of aromatic nitrogens is 1. The molecule has 6 nitrogen and oxygen atoms in total. The largest absolute Gasteiger partial charge is 0.357 e. The van der Waals surface area contributed by atoms with Crippen molar-refractivity contribution < 1.29 is 4.79 Å². The van der Waals surface area contributed by atoms with Gasteiger partial charge in [0.25, 0.3) is 5.91 Å². The smallest absolute Gasteiger partial charge is 0.251 e. The quantitative estimate of drug-likeness (QED) is 0.392. The van der Waals surface area contributed by atoms with Gasteiger partial charge in [0.05, 0.1) is 6.54 Å². The Morgan fingerprint density at radius 3 is 2.56 bits per heavy atom. The minimum Gasteiger partial charge on any atom is -0.357 e. The molecule has 3 N–H and O–H groups in total. The van der Waals surface area contributed by atoms with Gasteiger partial charge in [-0.1, -0.05) is 11.6 Å². The minimum atomic E-state index is -0.126. The number of aliphatic imine (C=N–C) groups is 1. The van der Waals surface area contributed by atoms with Crippen molar-refractivity contribution in [1.29, 1.82) is 0 Å². The highest BCUT2D eigenvalue weighted by Crippen LogP contribution is 2.11. The van der Waals surface area contributed by atoms with Gasteiger partial charge in [-0.05, 0) is 38.1 Å². The first-order chi connectivity index (χ1) is 12.1. The molecule has 0 saturated carbocycles. The molecule has 0 atom stereocenters. The van der Waals surface area contributed by atoms with E-state index in [-0.39, 0.29) is 5.91 Å². The molecule has 0 aliphatic heterocycles. The Morgan fingerprint density at radius 2 is 1.92 bits per heavy atom. The third-order valence-electron chi connectivity index (χ3n) is 3.20. The van der Waals surface area contributed by atoms with Gasteiger partial charge in [-0.3, -0.25) is 4.79 Å². The predicted molar refractivity (Wildman–Crippen MR) is 103 cm³/mol. The van der Waals surface area contributed by atoms with Crippen LogP contribution in [0, 0.1) is 6.92 Å². The second-order valence-corrected chi connectivity index (χ2v) is 7.01. The summed E-state index contributed by atoms with van der Waals surface area (Å²) in [7, 11) is 0. The third kappa shape index (κ3) is 6.72. The Labute approximate surface area is 156 Å². The number of aryl methyl sites for hydroxylation is 1. The monoisotopic (exact) mass is 379 g/mol. The minimum absolute atomic E-state index is 0.126. The summed E-state index contributed by atoms with van der Waals surface area (Å²) in [6, 6.07) is 6.80. The zero-order chi connectivity index (χ0) is 18.1. The average molecular weight is 380 g/mol. The Bertz CT molecular complexity index is 714. The maximum atomic E-state index is 12.0. The van der Waals surface area contributed by atoms with Crippen molar-refractivity contribution in [2.45, 2.75) is 20.4 Å². The summed E-state index contributed by atoms with van der Waals surface area (Å²) in [6.07, 6.45) is 1.85. The van der Waals surface area contributed by atoms with Crippen molar-refractivity contribution in [2.24, 2.45) is 4.99 Å². The molecule has 134 valence electrons. The van der Waals surface area contributed by atoms with Gasteiger partial charge in [-0.2, -0.15) is 0 Å². The van der Waals surface area contributed by atoms with Crippen molar-refractivity contribution in [3.8, 4) is 0 Å². The molecule has 0 saturated heterocycles. The molecule has 0 spiro atoms. The standard InChI is InChI=1S/C17H22ClN5OS/c1-3-19-17(23-11-15-22-10-12(2)25-15)21-9-8-20-16(24)13-4-6-14(18)7-5-13/h4-7,10H,3,8-9,11H2,1-2H3,(H,20,24)(H2,19,21,23). The number of rotatable bonds is 7. The number of hydrogen-bond acceptors (Lipinski definition) is 4. The molecule has 0 aliphatic carbocycles. The van der Waals surface area contributed by atoms with Gasteiger partial charge in [0.1, 0.15) is 5.01 Å². The molecule has 25 heavy (non-hydrogen) atoms. The Kier molecular flexibility index (Phi) is 7.69. The Balaban J connectivity index is 1.76. The van der Waals surface area contributed by atoms with Gasteiger partial charge in [0.2, 0.25) is 0 Å². The lowest BCUT2D eigenvalue weighted by Gasteiger charge is -2.11. The molecule has 0 aliphatic rings. The number of thiazole rings is 1. The van der Waals surface area contributed by atoms with E-state index in [2.05, 4.69) is 25.9 Å². The summed E-state index contributed by atoms with van der Waals surface area (Å²) >= 11 is 7.46. The summed E-state index contributed by atoms with van der Waals surface area (Å²) < 4.78 is 0. The molecule has 2 rings (SSSR count). The van der Waals surface area contributed by atoms with E-state index in [1.165, 1.54) is 4.88 Å². The average Bonchev–Trinajstić information content (AvgIpc) is 3.02. The zero-order valence-electron chi connectivity index (χ0n) is 14.3. The summed E-state index contributed by atoms with van der Waals surface area (Å²) in [5, 5.41) is 10.8. The van der Waals surface area contributed by atoms with Crippen molar-refractivity contribution >= 4 is 34.8 Å². The lowest BCUT2D eigenvalue weighted by Crippen LogP contribution is -2.41.